The van der Waals surface area contributed by atoms with Crippen molar-refractivity contribution >= 4 is 27.8 Å². The van der Waals surface area contributed by atoms with Gasteiger partial charge in [0, 0.05) is 12.2 Å². The van der Waals surface area contributed by atoms with Gasteiger partial charge in [0.05, 0.1) is 19.2 Å². The summed E-state index contributed by atoms with van der Waals surface area (Å²) in [4.78, 5) is 10.5. The van der Waals surface area contributed by atoms with E-state index >= 15 is 0 Å². The van der Waals surface area contributed by atoms with Crippen LogP contribution in [-0.2, 0) is 21.4 Å². The Morgan fingerprint density at radius 3 is 2.90 bits per heavy atom. The molecular formula is C11H19N3O4S2. The molecule has 1 aromatic heterocycles. The van der Waals surface area contributed by atoms with E-state index in [1.807, 2.05) is 13.2 Å². The van der Waals surface area contributed by atoms with Crippen molar-refractivity contribution in [2.24, 2.45) is 0 Å². The molecule has 1 rings (SSSR count). The molecule has 0 amide bonds. The molecule has 1 unspecified atom stereocenters. The van der Waals surface area contributed by atoms with Crippen LogP contribution >= 0.6 is 11.8 Å². The minimum atomic E-state index is -3.60. The second kappa shape index (κ2) is 7.65. The Morgan fingerprint density at radius 1 is 1.60 bits per heavy atom. The number of nitrogens with one attached hydrogen (secondary N) is 1. The lowest BCUT2D eigenvalue weighted by Crippen LogP contribution is -2.32. The molecule has 0 bridgehead atoms. The lowest BCUT2D eigenvalue weighted by atomic mass is 10.3. The Bertz CT molecular complexity index is 542. The Hall–Kier alpha value is -1.06. The normalized spacial score (nSPS) is 13.3. The molecule has 0 aliphatic rings. The second-order valence-corrected chi connectivity index (χ2v) is 7.09. The second-order valence-electron chi connectivity index (χ2n) is 4.39. The zero-order valence-electron chi connectivity index (χ0n) is 11.4. The molecule has 114 valence electrons. The van der Waals surface area contributed by atoms with Crippen LogP contribution in [0.15, 0.2) is 17.3 Å². The highest BCUT2D eigenvalue weighted by Gasteiger charge is 2.19. The van der Waals surface area contributed by atoms with Crippen LogP contribution in [0.5, 0.6) is 0 Å². The van der Waals surface area contributed by atoms with Crippen LogP contribution in [0.25, 0.3) is 0 Å². The van der Waals surface area contributed by atoms with Crippen molar-refractivity contribution in [1.82, 2.24) is 14.5 Å². The van der Waals surface area contributed by atoms with Gasteiger partial charge in [0.15, 0.2) is 0 Å². The molecule has 0 aliphatic carbocycles. The zero-order chi connectivity index (χ0) is 15.2. The first kappa shape index (κ1) is 17.0. The number of hydrogen-bond acceptors (Lipinski definition) is 5. The van der Waals surface area contributed by atoms with E-state index in [9.17, 15) is 13.2 Å². The van der Waals surface area contributed by atoms with Crippen molar-refractivity contribution in [3.63, 3.8) is 0 Å². The number of carbonyl (C=O) groups is 1. The molecule has 7 nitrogen and oxygen atoms in total. The van der Waals surface area contributed by atoms with Crippen LogP contribution in [0.2, 0.25) is 0 Å². The summed E-state index contributed by atoms with van der Waals surface area (Å²) in [6.45, 7) is 1.95. The Balaban J connectivity index is 2.65. The van der Waals surface area contributed by atoms with Gasteiger partial charge in [-0.3, -0.25) is 9.48 Å². The highest BCUT2D eigenvalue weighted by Crippen LogP contribution is 2.10. The van der Waals surface area contributed by atoms with Gasteiger partial charge in [-0.05, 0) is 25.4 Å². The monoisotopic (exact) mass is 321 g/mol. The van der Waals surface area contributed by atoms with Crippen LogP contribution < -0.4 is 4.72 Å². The molecule has 0 fully saturated rings. The number of sulfonamides is 1. The molecule has 0 aromatic carbocycles. The molecule has 1 aromatic rings. The Labute approximate surface area is 122 Å². The van der Waals surface area contributed by atoms with E-state index in [1.165, 1.54) is 17.1 Å². The molecule has 1 atom stereocenters. The third-order valence-corrected chi connectivity index (χ3v) is 4.77. The van der Waals surface area contributed by atoms with Gasteiger partial charge in [-0.15, -0.1) is 0 Å². The average Bonchev–Trinajstić information content (AvgIpc) is 2.83. The van der Waals surface area contributed by atoms with Crippen LogP contribution in [0.3, 0.4) is 0 Å². The number of carboxylic acid groups (broad SMARTS) is 1. The van der Waals surface area contributed by atoms with Crippen molar-refractivity contribution in [2.45, 2.75) is 37.2 Å². The van der Waals surface area contributed by atoms with E-state index in [1.54, 1.807) is 11.8 Å². The summed E-state index contributed by atoms with van der Waals surface area (Å²) in [5.41, 5.74) is 0. The van der Waals surface area contributed by atoms with Crippen LogP contribution in [0.1, 0.15) is 19.8 Å². The third kappa shape index (κ3) is 5.51. The molecule has 20 heavy (non-hydrogen) atoms. The van der Waals surface area contributed by atoms with Crippen molar-refractivity contribution in [3.8, 4) is 0 Å². The van der Waals surface area contributed by atoms with Gasteiger partial charge in [0.25, 0.3) is 0 Å². The highest BCUT2D eigenvalue weighted by atomic mass is 32.2. The summed E-state index contributed by atoms with van der Waals surface area (Å²) < 4.78 is 28.0. The summed E-state index contributed by atoms with van der Waals surface area (Å²) in [5, 5.41) is 12.4. The van der Waals surface area contributed by atoms with Gasteiger partial charge >= 0.3 is 5.97 Å². The average molecular weight is 321 g/mol. The van der Waals surface area contributed by atoms with Gasteiger partial charge < -0.3 is 5.11 Å². The minimum absolute atomic E-state index is 0.0545. The van der Waals surface area contributed by atoms with E-state index in [4.69, 9.17) is 5.11 Å². The summed E-state index contributed by atoms with van der Waals surface area (Å²) in [7, 11) is -3.60. The first-order chi connectivity index (χ1) is 9.35. The highest BCUT2D eigenvalue weighted by molar-refractivity contribution is 7.98. The molecule has 0 saturated heterocycles. The molecule has 0 saturated carbocycles. The summed E-state index contributed by atoms with van der Waals surface area (Å²) >= 11 is 1.66. The maximum Gasteiger partial charge on any atom is 0.305 e. The van der Waals surface area contributed by atoms with Crippen LogP contribution in [-0.4, -0.2) is 47.3 Å². The van der Waals surface area contributed by atoms with Gasteiger partial charge in [-0.1, -0.05) is 0 Å². The van der Waals surface area contributed by atoms with E-state index < -0.39 is 16.0 Å². The summed E-state index contributed by atoms with van der Waals surface area (Å²) in [6.07, 6.45) is 5.18. The lowest BCUT2D eigenvalue weighted by Gasteiger charge is -2.12. The van der Waals surface area contributed by atoms with E-state index in [2.05, 4.69) is 9.82 Å². The van der Waals surface area contributed by atoms with Crippen LogP contribution in [0, 0.1) is 0 Å². The number of thioether (sulfide) groups is 1. The molecule has 1 heterocycles. The fourth-order valence-electron chi connectivity index (χ4n) is 1.50. The first-order valence-electron chi connectivity index (χ1n) is 6.10. The molecular weight excluding hydrogens is 302 g/mol. The topological polar surface area (TPSA) is 101 Å². The van der Waals surface area contributed by atoms with Crippen molar-refractivity contribution in [2.75, 3.05) is 12.0 Å². The van der Waals surface area contributed by atoms with Crippen LogP contribution in [0.4, 0.5) is 0 Å². The summed E-state index contributed by atoms with van der Waals surface area (Å²) in [6, 6.07) is -0.158. The predicted molar refractivity (Wildman–Crippen MR) is 77.3 cm³/mol. The minimum Gasteiger partial charge on any atom is -0.481 e. The number of aliphatic carboxylic acids is 1. The number of carboxylic acids is 1. The van der Waals surface area contributed by atoms with Crippen molar-refractivity contribution in [3.05, 3.63) is 12.4 Å². The van der Waals surface area contributed by atoms with E-state index in [0.29, 0.717) is 0 Å². The van der Waals surface area contributed by atoms with Gasteiger partial charge in [-0.25, -0.2) is 13.1 Å². The zero-order valence-corrected chi connectivity index (χ0v) is 13.1. The number of aromatic nitrogens is 2. The standard InChI is InChI=1S/C11H19N3O4S2/c1-9(4-6-19-2)13-20(17,18)10-7-12-14(8-10)5-3-11(15)16/h7-9,13H,3-6H2,1-2H3,(H,15,16). The van der Waals surface area contributed by atoms with Gasteiger partial charge in [0.2, 0.25) is 10.0 Å². The molecule has 9 heteroatoms. The van der Waals surface area contributed by atoms with E-state index in [-0.39, 0.29) is 23.9 Å². The first-order valence-corrected chi connectivity index (χ1v) is 8.98. The number of aryl methyl sites for hydroxylation is 1. The SMILES string of the molecule is CSCCC(C)NS(=O)(=O)c1cnn(CCC(=O)O)c1. The quantitative estimate of drug-likeness (QED) is 0.697. The largest absolute Gasteiger partial charge is 0.481 e. The maximum absolute atomic E-state index is 12.1. The fraction of sp³-hybridized carbons (Fsp3) is 0.636. The molecule has 0 aliphatic heterocycles. The van der Waals surface area contributed by atoms with E-state index in [0.717, 1.165) is 12.2 Å². The number of hydrogen-bond donors (Lipinski definition) is 2. The van der Waals surface area contributed by atoms with Gasteiger partial charge in [0.1, 0.15) is 4.90 Å². The van der Waals surface area contributed by atoms with Gasteiger partial charge in [-0.2, -0.15) is 16.9 Å². The third-order valence-electron chi connectivity index (χ3n) is 2.59. The fourth-order valence-corrected chi connectivity index (χ4v) is 3.32. The molecule has 2 N–H and O–H groups in total. The number of nitrogens with zero attached hydrogens (tertiary/aromatic N) is 2. The lowest BCUT2D eigenvalue weighted by molar-refractivity contribution is -0.137. The molecule has 0 radical (unpaired) electrons. The van der Waals surface area contributed by atoms with Crippen molar-refractivity contribution < 1.29 is 18.3 Å². The maximum atomic E-state index is 12.1. The summed E-state index contributed by atoms with van der Waals surface area (Å²) in [5.74, 6) is -0.0737. The smallest absolute Gasteiger partial charge is 0.305 e. The Kier molecular flexibility index (Phi) is 6.50. The van der Waals surface area contributed by atoms with Crippen molar-refractivity contribution in [1.29, 1.82) is 0 Å². The number of rotatable bonds is 9. The Morgan fingerprint density at radius 2 is 2.30 bits per heavy atom. The predicted octanol–water partition coefficient (Wildman–Crippen LogP) is 0.778. The molecule has 0 spiro atoms.